The van der Waals surface area contributed by atoms with E-state index in [1.54, 1.807) is 0 Å². The van der Waals surface area contributed by atoms with Gasteiger partial charge < -0.3 is 24.4 Å². The predicted molar refractivity (Wildman–Crippen MR) is 203 cm³/mol. The highest BCUT2D eigenvalue weighted by Gasteiger charge is 2.20. The van der Waals surface area contributed by atoms with Gasteiger partial charge in [-0.2, -0.15) is 0 Å². The monoisotopic (exact) mass is 628 g/mol. The quantitative estimate of drug-likeness (QED) is 0.154. The number of H-pyrrole nitrogens is 4. The molecule has 0 spiro atoms. The number of benzene rings is 6. The van der Waals surface area contributed by atoms with Gasteiger partial charge in [0.1, 0.15) is 11.2 Å². The zero-order valence-corrected chi connectivity index (χ0v) is 26.3. The van der Waals surface area contributed by atoms with E-state index in [2.05, 4.69) is 166 Å². The molecule has 5 heterocycles. The molecule has 0 unspecified atom stereocenters. The maximum atomic E-state index is 6.43. The Morgan fingerprint density at radius 1 is 0.347 bits per heavy atom. The molecule has 0 radical (unpaired) electrons. The summed E-state index contributed by atoms with van der Waals surface area (Å²) in [5, 5.41) is 6.93. The highest BCUT2D eigenvalue weighted by Crippen LogP contribution is 2.43. The SMILES string of the molecule is c1ccc2[nH]c(-c3c(-c4ccc5oc6ccc(-c7[nH]c8ccccc8c7-c7cc8ccccc8[nH]7)cc6c5c4)[nH]c4ccccc34)cc2c1. The van der Waals surface area contributed by atoms with Gasteiger partial charge in [0.05, 0.1) is 11.4 Å². The number of hydrogen-bond acceptors (Lipinski definition) is 1. The first kappa shape index (κ1) is 26.4. The summed E-state index contributed by atoms with van der Waals surface area (Å²) in [6.07, 6.45) is 0. The second-order valence-corrected chi connectivity index (χ2v) is 12.9. The molecule has 0 bridgehead atoms. The van der Waals surface area contributed by atoms with E-state index in [4.69, 9.17) is 4.42 Å². The predicted octanol–water partition coefficient (Wildman–Crippen LogP) is 12.2. The van der Waals surface area contributed by atoms with E-state index in [-0.39, 0.29) is 0 Å². The zero-order chi connectivity index (χ0) is 32.1. The third kappa shape index (κ3) is 3.93. The Morgan fingerprint density at radius 2 is 0.776 bits per heavy atom. The first-order valence-electron chi connectivity index (χ1n) is 16.6. The van der Waals surface area contributed by atoms with Gasteiger partial charge in [0, 0.05) is 76.9 Å². The molecule has 11 rings (SSSR count). The Morgan fingerprint density at radius 3 is 1.24 bits per heavy atom. The minimum Gasteiger partial charge on any atom is -0.456 e. The number of aromatic amines is 4. The average molecular weight is 629 g/mol. The molecule has 0 aliphatic carbocycles. The number of aromatic nitrogens is 4. The van der Waals surface area contributed by atoms with Gasteiger partial charge in [-0.3, -0.25) is 0 Å². The lowest BCUT2D eigenvalue weighted by Gasteiger charge is -2.06. The van der Waals surface area contributed by atoms with Gasteiger partial charge in [0.15, 0.2) is 0 Å². The van der Waals surface area contributed by atoms with Gasteiger partial charge in [-0.25, -0.2) is 0 Å². The summed E-state index contributed by atoms with van der Waals surface area (Å²) in [5.41, 5.74) is 15.1. The van der Waals surface area contributed by atoms with Crippen molar-refractivity contribution in [3.63, 3.8) is 0 Å². The van der Waals surface area contributed by atoms with Crippen LogP contribution in [0.5, 0.6) is 0 Å². The second-order valence-electron chi connectivity index (χ2n) is 12.9. The van der Waals surface area contributed by atoms with Gasteiger partial charge in [-0.1, -0.05) is 72.8 Å². The molecule has 0 amide bonds. The summed E-state index contributed by atoms with van der Waals surface area (Å²) in [6.45, 7) is 0. The van der Waals surface area contributed by atoms with E-state index < -0.39 is 0 Å². The van der Waals surface area contributed by atoms with Crippen molar-refractivity contribution in [3.8, 4) is 45.0 Å². The molecule has 0 aliphatic rings. The van der Waals surface area contributed by atoms with Crippen LogP contribution >= 0.6 is 0 Å². The summed E-state index contributed by atoms with van der Waals surface area (Å²) >= 11 is 0. The van der Waals surface area contributed by atoms with E-state index in [9.17, 15) is 0 Å². The molecule has 5 nitrogen and oxygen atoms in total. The first-order valence-corrected chi connectivity index (χ1v) is 16.6. The summed E-state index contributed by atoms with van der Waals surface area (Å²) in [7, 11) is 0. The first-order chi connectivity index (χ1) is 24.2. The highest BCUT2D eigenvalue weighted by molar-refractivity contribution is 6.11. The van der Waals surface area contributed by atoms with Crippen LogP contribution in [0.4, 0.5) is 0 Å². The van der Waals surface area contributed by atoms with Crippen molar-refractivity contribution in [1.29, 1.82) is 0 Å². The third-order valence-electron chi connectivity index (χ3n) is 10.1. The van der Waals surface area contributed by atoms with E-state index in [0.717, 1.165) is 77.9 Å². The highest BCUT2D eigenvalue weighted by atomic mass is 16.3. The van der Waals surface area contributed by atoms with Gasteiger partial charge in [-0.15, -0.1) is 0 Å². The molecule has 5 aromatic heterocycles. The van der Waals surface area contributed by atoms with Gasteiger partial charge >= 0.3 is 0 Å². The summed E-state index contributed by atoms with van der Waals surface area (Å²) in [4.78, 5) is 14.9. The molecule has 230 valence electrons. The van der Waals surface area contributed by atoms with Gasteiger partial charge in [-0.05, 0) is 83.9 Å². The fourth-order valence-corrected chi connectivity index (χ4v) is 7.78. The molecule has 0 fully saturated rings. The number of furan rings is 1. The lowest BCUT2D eigenvalue weighted by atomic mass is 9.99. The maximum Gasteiger partial charge on any atom is 0.135 e. The summed E-state index contributed by atoms with van der Waals surface area (Å²) in [6, 6.07) is 51.5. The Kier molecular flexibility index (Phi) is 5.32. The van der Waals surface area contributed by atoms with Crippen LogP contribution in [0.3, 0.4) is 0 Å². The second kappa shape index (κ2) is 9.89. The Balaban J connectivity index is 1.11. The number of hydrogen-bond donors (Lipinski definition) is 4. The van der Waals surface area contributed by atoms with Crippen molar-refractivity contribution in [1.82, 2.24) is 19.9 Å². The van der Waals surface area contributed by atoms with Crippen molar-refractivity contribution in [2.24, 2.45) is 0 Å². The molecule has 6 aromatic carbocycles. The molecule has 11 aromatic rings. The lowest BCUT2D eigenvalue weighted by Crippen LogP contribution is -1.84. The third-order valence-corrected chi connectivity index (χ3v) is 10.1. The number of rotatable bonds is 4. The topological polar surface area (TPSA) is 76.3 Å². The minimum atomic E-state index is 0.867. The molecule has 0 saturated carbocycles. The number of para-hydroxylation sites is 4. The molecule has 0 aliphatic heterocycles. The zero-order valence-electron chi connectivity index (χ0n) is 26.3. The Hall–Kier alpha value is -6.72. The van der Waals surface area contributed by atoms with E-state index in [1.165, 1.54) is 32.7 Å². The maximum absolute atomic E-state index is 6.43. The van der Waals surface area contributed by atoms with Gasteiger partial charge in [0.25, 0.3) is 0 Å². The van der Waals surface area contributed by atoms with E-state index in [1.807, 2.05) is 0 Å². The largest absolute Gasteiger partial charge is 0.456 e. The van der Waals surface area contributed by atoms with Crippen LogP contribution < -0.4 is 0 Å². The molecular formula is C44H28N4O. The summed E-state index contributed by atoms with van der Waals surface area (Å²) in [5.74, 6) is 0. The van der Waals surface area contributed by atoms with E-state index >= 15 is 0 Å². The van der Waals surface area contributed by atoms with Crippen molar-refractivity contribution in [2.75, 3.05) is 0 Å². The molecule has 4 N–H and O–H groups in total. The van der Waals surface area contributed by atoms with Crippen molar-refractivity contribution < 1.29 is 4.42 Å². The molecular weight excluding hydrogens is 601 g/mol. The van der Waals surface area contributed by atoms with Crippen LogP contribution in [0.25, 0.3) is 111 Å². The Bertz CT molecular complexity index is 2800. The Labute approximate surface area is 279 Å². The van der Waals surface area contributed by atoms with Crippen LogP contribution in [0.1, 0.15) is 0 Å². The van der Waals surface area contributed by atoms with Crippen LogP contribution in [-0.2, 0) is 0 Å². The molecule has 0 atom stereocenters. The van der Waals surface area contributed by atoms with Crippen LogP contribution in [-0.4, -0.2) is 19.9 Å². The molecule has 5 heteroatoms. The minimum absolute atomic E-state index is 0.867. The van der Waals surface area contributed by atoms with Gasteiger partial charge in [0.2, 0.25) is 0 Å². The molecule has 49 heavy (non-hydrogen) atoms. The van der Waals surface area contributed by atoms with Crippen molar-refractivity contribution in [3.05, 3.63) is 146 Å². The standard InChI is InChI=1S/C44H28N4O/c1-5-13-33-25(9-1)23-37(45-33)41-29-11-3-7-15-35(29)47-43(41)27-17-19-39-31(21-27)32-22-28(18-20-40(32)49-39)44-42(30-12-4-8-16-36(30)48-44)38-24-26-10-2-6-14-34(26)46-38/h1-24,45-48H. The fraction of sp³-hybridized carbons (Fsp3) is 0. The summed E-state index contributed by atoms with van der Waals surface area (Å²) < 4.78 is 6.43. The van der Waals surface area contributed by atoms with E-state index in [0.29, 0.717) is 0 Å². The smallest absolute Gasteiger partial charge is 0.135 e. The number of fused-ring (bicyclic) bond motifs is 7. The van der Waals surface area contributed by atoms with Crippen molar-refractivity contribution >= 4 is 65.6 Å². The average Bonchev–Trinajstić information content (AvgIpc) is 3.97. The van der Waals surface area contributed by atoms with Crippen molar-refractivity contribution in [2.45, 2.75) is 0 Å². The fourth-order valence-electron chi connectivity index (χ4n) is 7.78. The normalized spacial score (nSPS) is 12.1. The van der Waals surface area contributed by atoms with Crippen LogP contribution in [0.15, 0.2) is 150 Å². The van der Waals surface area contributed by atoms with Crippen LogP contribution in [0.2, 0.25) is 0 Å². The lowest BCUT2D eigenvalue weighted by molar-refractivity contribution is 0.669. The molecule has 0 saturated heterocycles. The van der Waals surface area contributed by atoms with Crippen LogP contribution in [0, 0.1) is 0 Å². The number of nitrogens with one attached hydrogen (secondary N) is 4.